The Balaban J connectivity index is 2.42. The number of aromatic nitrogens is 2. The van der Waals surface area contributed by atoms with Crippen molar-refractivity contribution >= 4 is 5.97 Å². The van der Waals surface area contributed by atoms with Gasteiger partial charge < -0.3 is 9.84 Å². The molecular formula is C11H10N2O3. The number of imidazole rings is 1. The topological polar surface area (TPSA) is 64.4 Å². The SMILES string of the molecule is COc1ccc(-n2cncc2C(=O)O)cc1. The Labute approximate surface area is 91.9 Å². The molecule has 16 heavy (non-hydrogen) atoms. The van der Waals surface area contributed by atoms with Gasteiger partial charge in [0.05, 0.1) is 19.6 Å². The lowest BCUT2D eigenvalue weighted by atomic mass is 10.3. The highest BCUT2D eigenvalue weighted by Crippen LogP contribution is 2.16. The van der Waals surface area contributed by atoms with Gasteiger partial charge in [-0.1, -0.05) is 0 Å². The van der Waals surface area contributed by atoms with Crippen LogP contribution in [0.1, 0.15) is 10.5 Å². The first-order valence-corrected chi connectivity index (χ1v) is 4.62. The summed E-state index contributed by atoms with van der Waals surface area (Å²) < 4.78 is 6.52. The fraction of sp³-hybridized carbons (Fsp3) is 0.0909. The van der Waals surface area contributed by atoms with Gasteiger partial charge in [-0.2, -0.15) is 0 Å². The molecule has 5 nitrogen and oxygen atoms in total. The van der Waals surface area contributed by atoms with E-state index in [1.54, 1.807) is 31.4 Å². The maximum Gasteiger partial charge on any atom is 0.354 e. The van der Waals surface area contributed by atoms with E-state index in [2.05, 4.69) is 4.98 Å². The van der Waals surface area contributed by atoms with Crippen molar-refractivity contribution in [1.29, 1.82) is 0 Å². The van der Waals surface area contributed by atoms with Gasteiger partial charge in [0.2, 0.25) is 0 Å². The third kappa shape index (κ3) is 1.75. The highest BCUT2D eigenvalue weighted by molar-refractivity contribution is 5.86. The predicted molar refractivity (Wildman–Crippen MR) is 57.1 cm³/mol. The van der Waals surface area contributed by atoms with Crippen molar-refractivity contribution in [3.63, 3.8) is 0 Å². The molecule has 0 aliphatic heterocycles. The molecule has 0 saturated heterocycles. The number of rotatable bonds is 3. The number of carboxylic acids is 1. The van der Waals surface area contributed by atoms with Crippen molar-refractivity contribution in [3.05, 3.63) is 42.5 Å². The summed E-state index contributed by atoms with van der Waals surface area (Å²) in [4.78, 5) is 14.7. The second-order valence-electron chi connectivity index (χ2n) is 3.15. The Kier molecular flexibility index (Phi) is 2.59. The molecule has 0 amide bonds. The summed E-state index contributed by atoms with van der Waals surface area (Å²) in [7, 11) is 1.58. The van der Waals surface area contributed by atoms with Gasteiger partial charge in [-0.15, -0.1) is 0 Å². The van der Waals surface area contributed by atoms with Gasteiger partial charge in [0, 0.05) is 5.69 Å². The van der Waals surface area contributed by atoms with Gasteiger partial charge in [0.25, 0.3) is 0 Å². The molecule has 0 spiro atoms. The Morgan fingerprint density at radius 1 is 1.38 bits per heavy atom. The average molecular weight is 218 g/mol. The molecule has 1 aromatic heterocycles. The van der Waals surface area contributed by atoms with E-state index >= 15 is 0 Å². The van der Waals surface area contributed by atoms with Gasteiger partial charge in [-0.3, -0.25) is 4.57 Å². The lowest BCUT2D eigenvalue weighted by molar-refractivity contribution is 0.0688. The summed E-state index contributed by atoms with van der Waals surface area (Å²) in [5.41, 5.74) is 0.862. The first kappa shape index (κ1) is 10.2. The molecule has 0 bridgehead atoms. The number of nitrogens with zero attached hydrogens (tertiary/aromatic N) is 2. The molecule has 1 N–H and O–H groups in total. The Bertz CT molecular complexity index is 502. The van der Waals surface area contributed by atoms with E-state index in [1.165, 1.54) is 17.1 Å². The lowest BCUT2D eigenvalue weighted by Gasteiger charge is -2.06. The molecule has 0 radical (unpaired) electrons. The number of aromatic carboxylic acids is 1. The van der Waals surface area contributed by atoms with Crippen LogP contribution in [0.4, 0.5) is 0 Å². The summed E-state index contributed by atoms with van der Waals surface area (Å²) in [5, 5.41) is 8.93. The minimum absolute atomic E-state index is 0.130. The second kappa shape index (κ2) is 4.06. The van der Waals surface area contributed by atoms with Gasteiger partial charge in [-0.25, -0.2) is 9.78 Å². The molecule has 0 fully saturated rings. The summed E-state index contributed by atoms with van der Waals surface area (Å²) >= 11 is 0. The number of carboxylic acid groups (broad SMARTS) is 1. The van der Waals surface area contributed by atoms with Crippen LogP contribution >= 0.6 is 0 Å². The maximum absolute atomic E-state index is 10.9. The molecule has 2 aromatic rings. The van der Waals surface area contributed by atoms with Crippen LogP contribution in [0.2, 0.25) is 0 Å². The highest BCUT2D eigenvalue weighted by atomic mass is 16.5. The van der Waals surface area contributed by atoms with Crippen molar-refractivity contribution in [2.75, 3.05) is 7.11 Å². The summed E-state index contributed by atoms with van der Waals surface area (Å²) in [5.74, 6) is -0.283. The smallest absolute Gasteiger partial charge is 0.354 e. The summed E-state index contributed by atoms with van der Waals surface area (Å²) in [6.45, 7) is 0. The maximum atomic E-state index is 10.9. The minimum Gasteiger partial charge on any atom is -0.497 e. The zero-order valence-electron chi connectivity index (χ0n) is 8.62. The van der Waals surface area contributed by atoms with E-state index in [1.807, 2.05) is 0 Å². The third-order valence-electron chi connectivity index (χ3n) is 2.21. The zero-order chi connectivity index (χ0) is 11.5. The lowest BCUT2D eigenvalue weighted by Crippen LogP contribution is -2.05. The van der Waals surface area contributed by atoms with E-state index in [4.69, 9.17) is 9.84 Å². The Morgan fingerprint density at radius 3 is 2.62 bits per heavy atom. The van der Waals surface area contributed by atoms with Gasteiger partial charge in [0.15, 0.2) is 5.69 Å². The molecule has 0 aliphatic carbocycles. The standard InChI is InChI=1S/C11H10N2O3/c1-16-9-4-2-8(3-5-9)13-7-12-6-10(13)11(14)15/h2-7H,1H3,(H,14,15). The fourth-order valence-corrected chi connectivity index (χ4v) is 1.40. The van der Waals surface area contributed by atoms with Crippen molar-refractivity contribution in [2.45, 2.75) is 0 Å². The quantitative estimate of drug-likeness (QED) is 0.849. The first-order chi connectivity index (χ1) is 7.72. The number of methoxy groups -OCH3 is 1. The fourth-order valence-electron chi connectivity index (χ4n) is 1.40. The number of ether oxygens (including phenoxy) is 1. The van der Waals surface area contributed by atoms with Crippen LogP contribution < -0.4 is 4.74 Å². The molecule has 0 atom stereocenters. The van der Waals surface area contributed by atoms with Crippen molar-refractivity contribution in [1.82, 2.24) is 9.55 Å². The van der Waals surface area contributed by atoms with Crippen LogP contribution in [0.3, 0.4) is 0 Å². The monoisotopic (exact) mass is 218 g/mol. The third-order valence-corrected chi connectivity index (χ3v) is 2.21. The van der Waals surface area contributed by atoms with E-state index < -0.39 is 5.97 Å². The zero-order valence-corrected chi connectivity index (χ0v) is 8.62. The summed E-state index contributed by atoms with van der Waals surface area (Å²) in [6.07, 6.45) is 2.78. The second-order valence-corrected chi connectivity index (χ2v) is 3.15. The highest BCUT2D eigenvalue weighted by Gasteiger charge is 2.10. The first-order valence-electron chi connectivity index (χ1n) is 4.62. The number of hydrogen-bond donors (Lipinski definition) is 1. The minimum atomic E-state index is -1.01. The van der Waals surface area contributed by atoms with Crippen LogP contribution in [0.15, 0.2) is 36.8 Å². The Morgan fingerprint density at radius 2 is 2.06 bits per heavy atom. The molecule has 1 heterocycles. The van der Waals surface area contributed by atoms with E-state index in [0.717, 1.165) is 11.4 Å². The number of benzene rings is 1. The molecule has 0 saturated carbocycles. The van der Waals surface area contributed by atoms with Crippen LogP contribution in [0.25, 0.3) is 5.69 Å². The van der Waals surface area contributed by atoms with E-state index in [9.17, 15) is 4.79 Å². The predicted octanol–water partition coefficient (Wildman–Crippen LogP) is 1.58. The van der Waals surface area contributed by atoms with Crippen LogP contribution in [0, 0.1) is 0 Å². The Hall–Kier alpha value is -2.30. The van der Waals surface area contributed by atoms with Crippen molar-refractivity contribution in [2.24, 2.45) is 0 Å². The van der Waals surface area contributed by atoms with Gasteiger partial charge in [-0.05, 0) is 24.3 Å². The van der Waals surface area contributed by atoms with Gasteiger partial charge in [0.1, 0.15) is 5.75 Å². The molecule has 82 valence electrons. The van der Waals surface area contributed by atoms with Gasteiger partial charge >= 0.3 is 5.97 Å². The molecule has 2 rings (SSSR count). The summed E-state index contributed by atoms with van der Waals surface area (Å²) in [6, 6.07) is 7.07. The van der Waals surface area contributed by atoms with Crippen molar-refractivity contribution < 1.29 is 14.6 Å². The van der Waals surface area contributed by atoms with E-state index in [0.29, 0.717) is 0 Å². The number of hydrogen-bond acceptors (Lipinski definition) is 3. The normalized spacial score (nSPS) is 10.1. The largest absolute Gasteiger partial charge is 0.497 e. The van der Waals surface area contributed by atoms with Crippen LogP contribution in [-0.4, -0.2) is 27.7 Å². The van der Waals surface area contributed by atoms with E-state index in [-0.39, 0.29) is 5.69 Å². The molecule has 0 aliphatic rings. The van der Waals surface area contributed by atoms with Crippen LogP contribution in [0.5, 0.6) is 5.75 Å². The van der Waals surface area contributed by atoms with Crippen molar-refractivity contribution in [3.8, 4) is 11.4 Å². The molecule has 5 heteroatoms. The molecular weight excluding hydrogens is 208 g/mol. The molecule has 1 aromatic carbocycles. The number of carbonyl (C=O) groups is 1. The van der Waals surface area contributed by atoms with Crippen LogP contribution in [-0.2, 0) is 0 Å². The molecule has 0 unspecified atom stereocenters. The average Bonchev–Trinajstić information content (AvgIpc) is 2.78.